The van der Waals surface area contributed by atoms with Crippen LogP contribution >= 0.6 is 0 Å². The smallest absolute Gasteiger partial charge is 0.410 e. The van der Waals surface area contributed by atoms with Gasteiger partial charge in [0.1, 0.15) is 24.2 Å². The molecular formula is C38H46F3N5O9S. The summed E-state index contributed by atoms with van der Waals surface area (Å²) >= 11 is 0. The van der Waals surface area contributed by atoms with E-state index in [1.165, 1.54) is 9.80 Å². The van der Waals surface area contributed by atoms with Gasteiger partial charge in [-0.25, -0.2) is 18.0 Å². The first-order chi connectivity index (χ1) is 26.7. The Morgan fingerprint density at radius 2 is 1.73 bits per heavy atom. The Morgan fingerprint density at radius 1 is 0.964 bits per heavy atom. The summed E-state index contributed by atoms with van der Waals surface area (Å²) in [6.45, 7) is -1.23. The molecule has 1 saturated heterocycles. The first-order valence-corrected chi connectivity index (χ1v) is 20.4. The molecule has 3 fully saturated rings. The summed E-state index contributed by atoms with van der Waals surface area (Å²) in [5.41, 5.74) is -0.891. The van der Waals surface area contributed by atoms with Gasteiger partial charge in [-0.15, -0.1) is 0 Å². The Balaban J connectivity index is 1.23. The number of hydrogen-bond acceptors (Lipinski definition) is 9. The molecule has 2 aliphatic heterocycles. The molecule has 4 aliphatic rings. The SMILES string of the molecule is O=C(N[C@H]1CCCCC/C=C/C2C[C@]2(C(=O)NS(=O)(=O)C2CC2)NC(=O)[C@@H]2CN(C(=O)OCc3cccc4ccccc34)CCN2C1=O)OCCCC(F)(F)F. The first-order valence-electron chi connectivity index (χ1n) is 18.9. The minimum Gasteiger partial charge on any atom is -0.450 e. The van der Waals surface area contributed by atoms with E-state index in [9.17, 15) is 45.6 Å². The van der Waals surface area contributed by atoms with E-state index in [1.807, 2.05) is 48.5 Å². The zero-order valence-corrected chi connectivity index (χ0v) is 31.5. The van der Waals surface area contributed by atoms with Gasteiger partial charge in [0.2, 0.25) is 21.8 Å². The molecule has 4 atom stereocenters. The molecule has 18 heteroatoms. The molecule has 2 aromatic carbocycles. The molecule has 0 bridgehead atoms. The Hall–Kier alpha value is -4.87. The lowest BCUT2D eigenvalue weighted by Gasteiger charge is -2.41. The van der Waals surface area contributed by atoms with E-state index in [1.54, 1.807) is 6.08 Å². The third kappa shape index (κ3) is 10.1. The molecule has 0 aromatic heterocycles. The number of rotatable bonds is 9. The van der Waals surface area contributed by atoms with Gasteiger partial charge >= 0.3 is 18.4 Å². The van der Waals surface area contributed by atoms with Crippen molar-refractivity contribution in [1.29, 1.82) is 0 Å². The summed E-state index contributed by atoms with van der Waals surface area (Å²) < 4.78 is 76.2. The number of amides is 5. The highest BCUT2D eigenvalue weighted by Crippen LogP contribution is 2.46. The van der Waals surface area contributed by atoms with Gasteiger partial charge in [0.15, 0.2) is 0 Å². The van der Waals surface area contributed by atoms with Crippen LogP contribution in [0, 0.1) is 5.92 Å². The van der Waals surface area contributed by atoms with E-state index in [0.29, 0.717) is 38.5 Å². The van der Waals surface area contributed by atoms with Crippen molar-refractivity contribution in [1.82, 2.24) is 25.2 Å². The molecule has 2 saturated carbocycles. The molecule has 2 aromatic rings. The van der Waals surface area contributed by atoms with Crippen molar-refractivity contribution in [3.63, 3.8) is 0 Å². The van der Waals surface area contributed by atoms with E-state index in [2.05, 4.69) is 15.4 Å². The van der Waals surface area contributed by atoms with Crippen LogP contribution in [0.4, 0.5) is 22.8 Å². The third-order valence-corrected chi connectivity index (χ3v) is 12.4. The van der Waals surface area contributed by atoms with Crippen LogP contribution in [0.5, 0.6) is 0 Å². The van der Waals surface area contributed by atoms with Crippen molar-refractivity contribution in [2.45, 2.75) is 99.9 Å². The minimum atomic E-state index is -4.43. The fourth-order valence-corrected chi connectivity index (χ4v) is 8.54. The monoisotopic (exact) mass is 805 g/mol. The van der Waals surface area contributed by atoms with E-state index in [0.717, 1.165) is 16.3 Å². The number of ether oxygens (including phenoxy) is 2. The average molecular weight is 806 g/mol. The predicted molar refractivity (Wildman–Crippen MR) is 196 cm³/mol. The lowest BCUT2D eigenvalue weighted by molar-refractivity contribution is -0.146. The molecule has 2 heterocycles. The van der Waals surface area contributed by atoms with Gasteiger partial charge < -0.3 is 29.9 Å². The van der Waals surface area contributed by atoms with Crippen LogP contribution < -0.4 is 15.4 Å². The zero-order chi connectivity index (χ0) is 40.1. The summed E-state index contributed by atoms with van der Waals surface area (Å²) in [6.07, 6.45) is -0.914. The van der Waals surface area contributed by atoms with E-state index >= 15 is 0 Å². The fourth-order valence-electron chi connectivity index (χ4n) is 7.18. The molecule has 0 radical (unpaired) electrons. The van der Waals surface area contributed by atoms with Crippen LogP contribution in [0.3, 0.4) is 0 Å². The summed E-state index contributed by atoms with van der Waals surface area (Å²) in [6, 6.07) is 10.5. The van der Waals surface area contributed by atoms with Gasteiger partial charge in [0.25, 0.3) is 5.91 Å². The number of hydrogen-bond donors (Lipinski definition) is 3. The molecule has 6 rings (SSSR count). The second kappa shape index (κ2) is 17.1. The third-order valence-electron chi connectivity index (χ3n) is 10.6. The second-order valence-electron chi connectivity index (χ2n) is 14.8. The lowest BCUT2D eigenvalue weighted by atomic mass is 10.0. The second-order valence-corrected chi connectivity index (χ2v) is 16.7. The van der Waals surface area contributed by atoms with E-state index < -0.39 is 94.3 Å². The highest BCUT2D eigenvalue weighted by atomic mass is 32.2. The van der Waals surface area contributed by atoms with Gasteiger partial charge in [-0.05, 0) is 61.3 Å². The van der Waals surface area contributed by atoms with Gasteiger partial charge in [-0.2, -0.15) is 13.2 Å². The Kier molecular flexibility index (Phi) is 12.5. The topological polar surface area (TPSA) is 181 Å². The van der Waals surface area contributed by atoms with Crippen LogP contribution in [0.25, 0.3) is 10.8 Å². The number of nitrogens with one attached hydrogen (secondary N) is 3. The number of carbonyl (C=O) groups is 5. The van der Waals surface area contributed by atoms with Crippen LogP contribution in [0.15, 0.2) is 54.6 Å². The highest BCUT2D eigenvalue weighted by molar-refractivity contribution is 7.91. The summed E-state index contributed by atoms with van der Waals surface area (Å²) in [7, 11) is -3.98. The first kappa shape index (κ1) is 40.8. The number of fused-ring (bicyclic) bond motifs is 3. The number of nitrogens with zero attached hydrogens (tertiary/aromatic N) is 2. The standard InChI is InChI=1S/C38H46F3N5O9S/c39-38(40,41)18-9-21-54-35(50)42-30-15-5-3-1-2-4-13-27-22-37(27,34(49)44-56(52,53)28-16-17-28)43-32(47)31-23-45(19-20-46(31)33(30)48)36(51)55-24-26-12-8-11-25-10-6-7-14-29(25)26/h4,6-8,10-14,27-28,30-31H,1-3,5,9,15-24H2,(H,42,50)(H,43,47)(H,44,49)/b13-4+/t27?,30-,31-,37-/m0/s1. The van der Waals surface area contributed by atoms with Gasteiger partial charge in [0, 0.05) is 25.4 Å². The van der Waals surface area contributed by atoms with Crippen molar-refractivity contribution in [2.24, 2.45) is 5.92 Å². The van der Waals surface area contributed by atoms with Crippen molar-refractivity contribution < 1.29 is 55.0 Å². The van der Waals surface area contributed by atoms with Crippen molar-refractivity contribution >= 4 is 50.7 Å². The fraction of sp³-hybridized carbons (Fsp3) is 0.553. The predicted octanol–water partition coefficient (Wildman–Crippen LogP) is 4.43. The quantitative estimate of drug-likeness (QED) is 0.244. The number of allylic oxidation sites excluding steroid dienone is 1. The molecule has 1 unspecified atom stereocenters. The number of sulfonamides is 1. The molecule has 0 spiro atoms. The van der Waals surface area contributed by atoms with Gasteiger partial charge in [-0.3, -0.25) is 19.1 Å². The number of carbonyl (C=O) groups excluding carboxylic acids is 5. The zero-order valence-electron chi connectivity index (χ0n) is 30.7. The summed E-state index contributed by atoms with van der Waals surface area (Å²) in [5, 5.41) is 6.33. The Morgan fingerprint density at radius 3 is 2.50 bits per heavy atom. The molecule has 304 valence electrons. The van der Waals surface area contributed by atoms with Crippen LogP contribution in [0.2, 0.25) is 0 Å². The Labute approximate surface area is 322 Å². The maximum absolute atomic E-state index is 14.3. The number of halogens is 3. The van der Waals surface area contributed by atoms with Crippen LogP contribution in [-0.4, -0.2) is 103 Å². The molecule has 56 heavy (non-hydrogen) atoms. The Bertz CT molecular complexity index is 1950. The molecule has 2 aliphatic carbocycles. The van der Waals surface area contributed by atoms with E-state index in [-0.39, 0.29) is 39.1 Å². The average Bonchev–Trinajstić information content (AvgIpc) is 4.10. The number of piperazine rings is 1. The normalized spacial score (nSPS) is 25.4. The summed E-state index contributed by atoms with van der Waals surface area (Å²) in [5.74, 6) is -2.97. The number of alkyl carbamates (subject to hydrolysis) is 1. The molecule has 5 amide bonds. The van der Waals surface area contributed by atoms with Crippen molar-refractivity contribution in [3.8, 4) is 0 Å². The van der Waals surface area contributed by atoms with Crippen molar-refractivity contribution in [2.75, 3.05) is 26.2 Å². The number of benzene rings is 2. The number of alkyl halides is 3. The summed E-state index contributed by atoms with van der Waals surface area (Å²) in [4.78, 5) is 71.0. The van der Waals surface area contributed by atoms with Gasteiger partial charge in [-0.1, -0.05) is 67.5 Å². The lowest BCUT2D eigenvalue weighted by Crippen LogP contribution is -2.66. The molecular weight excluding hydrogens is 760 g/mol. The van der Waals surface area contributed by atoms with Crippen LogP contribution in [0.1, 0.15) is 69.8 Å². The largest absolute Gasteiger partial charge is 0.450 e. The van der Waals surface area contributed by atoms with Gasteiger partial charge in [0.05, 0.1) is 18.4 Å². The highest BCUT2D eigenvalue weighted by Gasteiger charge is 2.62. The molecule has 3 N–H and O–H groups in total. The minimum absolute atomic E-state index is 0.0604. The van der Waals surface area contributed by atoms with Crippen molar-refractivity contribution in [3.05, 3.63) is 60.2 Å². The molecule has 14 nitrogen and oxygen atoms in total. The maximum atomic E-state index is 14.3. The maximum Gasteiger partial charge on any atom is 0.410 e. The van der Waals surface area contributed by atoms with Crippen LogP contribution in [-0.2, 0) is 40.5 Å². The van der Waals surface area contributed by atoms with E-state index in [4.69, 9.17) is 9.47 Å².